The van der Waals surface area contributed by atoms with Crippen LogP contribution in [0.3, 0.4) is 0 Å². The van der Waals surface area contributed by atoms with Crippen molar-refractivity contribution in [2.45, 2.75) is 0 Å². The van der Waals surface area contributed by atoms with Gasteiger partial charge >= 0.3 is 0 Å². The number of carbonyl (C=O) groups is 1. The quantitative estimate of drug-likeness (QED) is 0.737. The number of rotatable bonds is 4. The van der Waals surface area contributed by atoms with Gasteiger partial charge in [0, 0.05) is 17.3 Å². The average molecular weight is 293 g/mol. The fraction of sp³-hybridized carbons (Fsp3) is 0.0588. The molecule has 1 heterocycles. The molecule has 22 heavy (non-hydrogen) atoms. The molecule has 0 bridgehead atoms. The summed E-state index contributed by atoms with van der Waals surface area (Å²) in [6.07, 6.45) is 1.46. The van der Waals surface area contributed by atoms with Crippen LogP contribution in [0.25, 0.3) is 16.9 Å². The first-order valence-corrected chi connectivity index (χ1v) is 6.70. The van der Waals surface area contributed by atoms with Crippen LogP contribution in [0.4, 0.5) is 0 Å². The molecule has 0 saturated heterocycles. The van der Waals surface area contributed by atoms with Gasteiger partial charge in [-0.1, -0.05) is 18.2 Å². The van der Waals surface area contributed by atoms with Crippen molar-refractivity contribution in [3.8, 4) is 22.7 Å². The first-order chi connectivity index (χ1) is 10.7. The Hall–Kier alpha value is -3.08. The summed E-state index contributed by atoms with van der Waals surface area (Å²) in [6.45, 7) is 0. The van der Waals surface area contributed by atoms with E-state index in [9.17, 15) is 9.90 Å². The lowest BCUT2D eigenvalue weighted by Gasteiger charge is -2.04. The second-order valence-corrected chi connectivity index (χ2v) is 4.69. The van der Waals surface area contributed by atoms with Crippen molar-refractivity contribution in [1.29, 1.82) is 0 Å². The topological polar surface area (TPSA) is 67.2 Å². The van der Waals surface area contributed by atoms with Crippen molar-refractivity contribution < 1.29 is 14.6 Å². The first-order valence-electron chi connectivity index (χ1n) is 6.70. The summed E-state index contributed by atoms with van der Waals surface area (Å²) < 4.78 is 6.64. The molecule has 0 unspecified atom stereocenters. The molecule has 0 N–H and O–H groups in total. The molecule has 110 valence electrons. The van der Waals surface area contributed by atoms with Gasteiger partial charge in [-0.15, -0.1) is 0 Å². The molecule has 3 rings (SSSR count). The summed E-state index contributed by atoms with van der Waals surface area (Å²) in [5.41, 5.74) is 1.89. The molecule has 3 aromatic rings. The fourth-order valence-electron chi connectivity index (χ4n) is 2.20. The van der Waals surface area contributed by atoms with Crippen LogP contribution in [-0.2, 0) is 0 Å². The molecule has 0 radical (unpaired) electrons. The molecule has 0 aliphatic rings. The maximum atomic E-state index is 11.4. The van der Waals surface area contributed by atoms with E-state index >= 15 is 0 Å². The number of carboxylic acids is 1. The highest BCUT2D eigenvalue weighted by molar-refractivity contribution is 5.93. The van der Waals surface area contributed by atoms with Crippen molar-refractivity contribution in [3.05, 3.63) is 66.4 Å². The number of aromatic carboxylic acids is 1. The second-order valence-electron chi connectivity index (χ2n) is 4.69. The molecule has 2 aromatic carbocycles. The van der Waals surface area contributed by atoms with Gasteiger partial charge in [0.1, 0.15) is 11.4 Å². The zero-order valence-electron chi connectivity index (χ0n) is 11.9. The molecule has 1 aromatic heterocycles. The summed E-state index contributed by atoms with van der Waals surface area (Å²) in [6, 6.07) is 16.4. The Labute approximate surface area is 127 Å². The third-order valence-corrected chi connectivity index (χ3v) is 3.32. The van der Waals surface area contributed by atoms with E-state index in [1.807, 2.05) is 30.3 Å². The Morgan fingerprint density at radius 2 is 1.77 bits per heavy atom. The van der Waals surface area contributed by atoms with Gasteiger partial charge in [-0.05, 0) is 36.4 Å². The fourth-order valence-corrected chi connectivity index (χ4v) is 2.20. The first kappa shape index (κ1) is 13.9. The van der Waals surface area contributed by atoms with E-state index in [1.54, 1.807) is 31.4 Å². The van der Waals surface area contributed by atoms with Gasteiger partial charge in [0.15, 0.2) is 0 Å². The number of ether oxygens (including phenoxy) is 1. The van der Waals surface area contributed by atoms with Crippen molar-refractivity contribution in [2.75, 3.05) is 7.11 Å². The Balaban J connectivity index is 2.09. The maximum Gasteiger partial charge on any atom is 0.118 e. The predicted octanol–water partition coefficient (Wildman–Crippen LogP) is 1.91. The van der Waals surface area contributed by atoms with E-state index in [-0.39, 0.29) is 5.56 Å². The molecular weight excluding hydrogens is 280 g/mol. The lowest BCUT2D eigenvalue weighted by atomic mass is 10.1. The number of hydrogen-bond acceptors (Lipinski definition) is 4. The molecule has 0 aliphatic carbocycles. The summed E-state index contributed by atoms with van der Waals surface area (Å²) in [7, 11) is 1.58. The van der Waals surface area contributed by atoms with Gasteiger partial charge < -0.3 is 14.6 Å². The van der Waals surface area contributed by atoms with Crippen LogP contribution < -0.4 is 9.84 Å². The SMILES string of the molecule is COc1ccc(-c2nn(-c3ccccc3)cc2C(=O)[O-])cc1. The number of hydrogen-bond donors (Lipinski definition) is 0. The number of aromatic nitrogens is 2. The van der Waals surface area contributed by atoms with Crippen molar-refractivity contribution in [3.63, 3.8) is 0 Å². The Morgan fingerprint density at radius 1 is 1.09 bits per heavy atom. The van der Waals surface area contributed by atoms with Crippen LogP contribution in [0.2, 0.25) is 0 Å². The van der Waals surface area contributed by atoms with E-state index < -0.39 is 5.97 Å². The van der Waals surface area contributed by atoms with Crippen molar-refractivity contribution >= 4 is 5.97 Å². The lowest BCUT2D eigenvalue weighted by molar-refractivity contribution is -0.254. The van der Waals surface area contributed by atoms with Gasteiger partial charge in [-0.3, -0.25) is 0 Å². The largest absolute Gasteiger partial charge is 0.545 e. The molecule has 5 nitrogen and oxygen atoms in total. The minimum absolute atomic E-state index is 0.0500. The smallest absolute Gasteiger partial charge is 0.118 e. The van der Waals surface area contributed by atoms with Crippen LogP contribution in [0, 0.1) is 0 Å². The maximum absolute atomic E-state index is 11.4. The number of carbonyl (C=O) groups excluding carboxylic acids is 1. The Kier molecular flexibility index (Phi) is 3.62. The summed E-state index contributed by atoms with van der Waals surface area (Å²) in [5.74, 6) is -0.561. The van der Waals surface area contributed by atoms with Crippen molar-refractivity contribution in [2.24, 2.45) is 0 Å². The Morgan fingerprint density at radius 3 is 2.36 bits per heavy atom. The molecule has 0 spiro atoms. The molecule has 0 saturated carbocycles. The molecule has 0 amide bonds. The van der Waals surface area contributed by atoms with Gasteiger partial charge in [0.05, 0.1) is 18.8 Å². The van der Waals surface area contributed by atoms with Crippen LogP contribution in [0.5, 0.6) is 5.75 Å². The second kappa shape index (κ2) is 5.73. The van der Waals surface area contributed by atoms with E-state index in [0.717, 1.165) is 5.69 Å². The lowest BCUT2D eigenvalue weighted by Crippen LogP contribution is -2.22. The standard InChI is InChI=1S/C17H14N2O3/c1-22-14-9-7-12(8-10-14)16-15(17(20)21)11-19(18-16)13-5-3-2-4-6-13/h2-11H,1H3,(H,20,21)/p-1. The zero-order chi connectivity index (χ0) is 15.5. The third-order valence-electron chi connectivity index (χ3n) is 3.32. The van der Waals surface area contributed by atoms with Crippen LogP contribution >= 0.6 is 0 Å². The summed E-state index contributed by atoms with van der Waals surface area (Å²) >= 11 is 0. The number of nitrogens with zero attached hydrogens (tertiary/aromatic N) is 2. The molecule has 0 atom stereocenters. The monoisotopic (exact) mass is 293 g/mol. The highest BCUT2D eigenvalue weighted by Crippen LogP contribution is 2.25. The summed E-state index contributed by atoms with van der Waals surface area (Å²) in [4.78, 5) is 11.4. The van der Waals surface area contributed by atoms with E-state index in [4.69, 9.17) is 4.74 Å². The van der Waals surface area contributed by atoms with Crippen molar-refractivity contribution in [1.82, 2.24) is 9.78 Å². The van der Waals surface area contributed by atoms with Gasteiger partial charge in [0.25, 0.3) is 0 Å². The zero-order valence-corrected chi connectivity index (χ0v) is 11.9. The minimum Gasteiger partial charge on any atom is -0.545 e. The average Bonchev–Trinajstić information content (AvgIpc) is 3.01. The van der Waals surface area contributed by atoms with Gasteiger partial charge in [-0.25, -0.2) is 4.68 Å². The molecule has 0 aliphatic heterocycles. The van der Waals surface area contributed by atoms with Crippen LogP contribution in [0.15, 0.2) is 60.8 Å². The molecule has 0 fully saturated rings. The highest BCUT2D eigenvalue weighted by Gasteiger charge is 2.13. The van der Waals surface area contributed by atoms with Crippen LogP contribution in [-0.4, -0.2) is 22.9 Å². The van der Waals surface area contributed by atoms with Gasteiger partial charge in [0.2, 0.25) is 0 Å². The molecule has 5 heteroatoms. The van der Waals surface area contributed by atoms with E-state index in [2.05, 4.69) is 5.10 Å². The van der Waals surface area contributed by atoms with E-state index in [1.165, 1.54) is 10.9 Å². The minimum atomic E-state index is -1.26. The number of benzene rings is 2. The number of para-hydroxylation sites is 1. The third kappa shape index (κ3) is 2.56. The van der Waals surface area contributed by atoms with Crippen LogP contribution in [0.1, 0.15) is 10.4 Å². The Bertz CT molecular complexity index is 793. The van der Waals surface area contributed by atoms with Gasteiger partial charge in [-0.2, -0.15) is 5.10 Å². The normalized spacial score (nSPS) is 10.4. The molecular formula is C17H13N2O3-. The van der Waals surface area contributed by atoms with E-state index in [0.29, 0.717) is 17.0 Å². The number of carboxylic acid groups (broad SMARTS) is 1. The number of methoxy groups -OCH3 is 1. The predicted molar refractivity (Wildman–Crippen MR) is 79.9 cm³/mol. The summed E-state index contributed by atoms with van der Waals surface area (Å²) in [5, 5.41) is 15.8. The highest BCUT2D eigenvalue weighted by atomic mass is 16.5.